The number of hydrogen-bond donors (Lipinski definition) is 1. The van der Waals surface area contributed by atoms with Crippen LogP contribution in [0.25, 0.3) is 0 Å². The third-order valence-electron chi connectivity index (χ3n) is 3.46. The molecule has 0 fully saturated rings. The van der Waals surface area contributed by atoms with Gasteiger partial charge in [0.25, 0.3) is 0 Å². The van der Waals surface area contributed by atoms with Gasteiger partial charge < -0.3 is 5.32 Å². The van der Waals surface area contributed by atoms with Crippen LogP contribution in [0.5, 0.6) is 0 Å². The Morgan fingerprint density at radius 3 is 2.62 bits per heavy atom. The van der Waals surface area contributed by atoms with E-state index in [9.17, 15) is 0 Å². The maximum absolute atomic E-state index is 4.64. The minimum Gasteiger partial charge on any atom is -0.308 e. The van der Waals surface area contributed by atoms with E-state index >= 15 is 0 Å². The monoisotopic (exact) mass is 291 g/mol. The Morgan fingerprint density at radius 1 is 1.24 bits per heavy atom. The lowest BCUT2D eigenvalue weighted by atomic mass is 10.1. The van der Waals surface area contributed by atoms with E-state index in [0.29, 0.717) is 0 Å². The van der Waals surface area contributed by atoms with Crippen molar-refractivity contribution in [2.24, 2.45) is 7.05 Å². The molecule has 0 aliphatic rings. The van der Waals surface area contributed by atoms with Gasteiger partial charge in [-0.1, -0.05) is 13.8 Å². The van der Waals surface area contributed by atoms with Gasteiger partial charge in [-0.2, -0.15) is 9.90 Å². The van der Waals surface area contributed by atoms with E-state index < -0.39 is 0 Å². The highest BCUT2D eigenvalue weighted by atomic mass is 15.6. The van der Waals surface area contributed by atoms with Crippen molar-refractivity contribution in [1.82, 2.24) is 35.3 Å². The minimum atomic E-state index is 0.168. The average molecular weight is 291 g/mol. The lowest BCUT2D eigenvalue weighted by Crippen LogP contribution is -2.27. The Bertz CT molecular complexity index is 557. The second-order valence-corrected chi connectivity index (χ2v) is 5.14. The van der Waals surface area contributed by atoms with E-state index in [1.54, 1.807) is 7.05 Å². The summed E-state index contributed by atoms with van der Waals surface area (Å²) in [5.74, 6) is 0.757. The van der Waals surface area contributed by atoms with Crippen LogP contribution in [-0.2, 0) is 26.4 Å². The summed E-state index contributed by atoms with van der Waals surface area (Å²) in [5, 5.41) is 20.5. The molecule has 0 aliphatic carbocycles. The molecule has 0 aromatic carbocycles. The van der Waals surface area contributed by atoms with Gasteiger partial charge >= 0.3 is 0 Å². The van der Waals surface area contributed by atoms with Crippen LogP contribution >= 0.6 is 0 Å². The fourth-order valence-electron chi connectivity index (χ4n) is 2.38. The third-order valence-corrected chi connectivity index (χ3v) is 3.46. The Balaban J connectivity index is 2.23. The SMILES string of the molecule is CCCNC(Cc1nnn(C)n1)c1cc(CC)nn1CC. The van der Waals surface area contributed by atoms with Crippen molar-refractivity contribution in [2.45, 2.75) is 52.6 Å². The van der Waals surface area contributed by atoms with E-state index in [1.807, 2.05) is 0 Å². The summed E-state index contributed by atoms with van der Waals surface area (Å²) in [7, 11) is 1.79. The molecule has 1 unspecified atom stereocenters. The molecule has 0 amide bonds. The Hall–Kier alpha value is -1.76. The van der Waals surface area contributed by atoms with Crippen molar-refractivity contribution < 1.29 is 0 Å². The molecule has 2 aromatic heterocycles. The highest BCUT2D eigenvalue weighted by Gasteiger charge is 2.19. The molecule has 0 bridgehead atoms. The molecule has 0 aliphatic heterocycles. The average Bonchev–Trinajstić information content (AvgIpc) is 3.09. The van der Waals surface area contributed by atoms with E-state index in [0.717, 1.165) is 43.9 Å². The zero-order valence-electron chi connectivity index (χ0n) is 13.4. The number of rotatable bonds is 8. The van der Waals surface area contributed by atoms with Crippen molar-refractivity contribution in [2.75, 3.05) is 6.54 Å². The fraction of sp³-hybridized carbons (Fsp3) is 0.714. The third kappa shape index (κ3) is 3.87. The smallest absolute Gasteiger partial charge is 0.176 e. The van der Waals surface area contributed by atoms with Crippen LogP contribution in [0, 0.1) is 0 Å². The summed E-state index contributed by atoms with van der Waals surface area (Å²) in [4.78, 5) is 1.50. The van der Waals surface area contributed by atoms with E-state index in [4.69, 9.17) is 0 Å². The largest absolute Gasteiger partial charge is 0.308 e. The van der Waals surface area contributed by atoms with Crippen molar-refractivity contribution >= 4 is 0 Å². The number of aromatic nitrogens is 6. The molecule has 7 nitrogen and oxygen atoms in total. The van der Waals surface area contributed by atoms with Crippen molar-refractivity contribution in [3.05, 3.63) is 23.3 Å². The summed E-state index contributed by atoms with van der Waals surface area (Å²) < 4.78 is 2.07. The Kier molecular flexibility index (Phi) is 5.44. The standard InChI is InChI=1S/C14H25N7/c1-5-8-15-12(10-14-16-19-20(4)18-14)13-9-11(6-2)17-21(13)7-3/h9,12,15H,5-8,10H2,1-4H3. The first kappa shape index (κ1) is 15.6. The van der Waals surface area contributed by atoms with Crippen molar-refractivity contribution in [3.8, 4) is 0 Å². The predicted molar refractivity (Wildman–Crippen MR) is 80.8 cm³/mol. The molecular weight excluding hydrogens is 266 g/mol. The second-order valence-electron chi connectivity index (χ2n) is 5.14. The van der Waals surface area contributed by atoms with Gasteiger partial charge in [-0.15, -0.1) is 10.2 Å². The quantitative estimate of drug-likeness (QED) is 0.793. The molecule has 1 N–H and O–H groups in total. The van der Waals surface area contributed by atoms with Gasteiger partial charge in [0.15, 0.2) is 5.82 Å². The van der Waals surface area contributed by atoms with Crippen LogP contribution in [0.3, 0.4) is 0 Å². The van der Waals surface area contributed by atoms with E-state index in [-0.39, 0.29) is 6.04 Å². The summed E-state index contributed by atoms with van der Waals surface area (Å²) >= 11 is 0. The number of nitrogens with one attached hydrogen (secondary N) is 1. The summed E-state index contributed by atoms with van der Waals surface area (Å²) in [5.41, 5.74) is 2.33. The van der Waals surface area contributed by atoms with Crippen LogP contribution < -0.4 is 5.32 Å². The fourth-order valence-corrected chi connectivity index (χ4v) is 2.38. The Labute approximate surface area is 125 Å². The molecule has 0 saturated heterocycles. The summed E-state index contributed by atoms with van der Waals surface area (Å²) in [6.07, 6.45) is 2.76. The van der Waals surface area contributed by atoms with E-state index in [2.05, 4.69) is 57.3 Å². The van der Waals surface area contributed by atoms with Crippen molar-refractivity contribution in [3.63, 3.8) is 0 Å². The lowest BCUT2D eigenvalue weighted by Gasteiger charge is -2.18. The van der Waals surface area contributed by atoms with Gasteiger partial charge in [-0.05, 0) is 37.6 Å². The topological polar surface area (TPSA) is 73.5 Å². The van der Waals surface area contributed by atoms with Crippen LogP contribution in [0.4, 0.5) is 0 Å². The molecule has 0 saturated carbocycles. The number of aryl methyl sites for hydroxylation is 3. The molecule has 2 aromatic rings. The molecule has 2 rings (SSSR count). The van der Waals surface area contributed by atoms with Gasteiger partial charge in [0.05, 0.1) is 24.5 Å². The zero-order valence-corrected chi connectivity index (χ0v) is 13.4. The van der Waals surface area contributed by atoms with Gasteiger partial charge in [0.1, 0.15) is 0 Å². The highest BCUT2D eigenvalue weighted by molar-refractivity contribution is 5.16. The minimum absolute atomic E-state index is 0.168. The van der Waals surface area contributed by atoms with Crippen LogP contribution in [0.15, 0.2) is 6.07 Å². The molecule has 0 radical (unpaired) electrons. The first-order valence-corrected chi connectivity index (χ1v) is 7.70. The first-order valence-electron chi connectivity index (χ1n) is 7.70. The molecule has 21 heavy (non-hydrogen) atoms. The summed E-state index contributed by atoms with van der Waals surface area (Å²) in [6, 6.07) is 2.36. The maximum Gasteiger partial charge on any atom is 0.176 e. The van der Waals surface area contributed by atoms with Crippen LogP contribution in [0.1, 0.15) is 50.4 Å². The van der Waals surface area contributed by atoms with Gasteiger partial charge in [0, 0.05) is 13.0 Å². The molecule has 7 heteroatoms. The predicted octanol–water partition coefficient (Wildman–Crippen LogP) is 1.27. The number of tetrazole rings is 1. The highest BCUT2D eigenvalue weighted by Crippen LogP contribution is 2.19. The van der Waals surface area contributed by atoms with Gasteiger partial charge in [-0.25, -0.2) is 0 Å². The molecule has 0 spiro atoms. The molecule has 116 valence electrons. The van der Waals surface area contributed by atoms with Crippen LogP contribution in [0.2, 0.25) is 0 Å². The van der Waals surface area contributed by atoms with Crippen molar-refractivity contribution in [1.29, 1.82) is 0 Å². The zero-order chi connectivity index (χ0) is 15.2. The van der Waals surface area contributed by atoms with Crippen LogP contribution in [-0.4, -0.2) is 36.5 Å². The lowest BCUT2D eigenvalue weighted by molar-refractivity contribution is 0.470. The normalized spacial score (nSPS) is 12.8. The number of hydrogen-bond acceptors (Lipinski definition) is 5. The molecular formula is C14H25N7. The second kappa shape index (κ2) is 7.31. The molecule has 1 atom stereocenters. The maximum atomic E-state index is 4.64. The molecule has 2 heterocycles. The Morgan fingerprint density at radius 2 is 2.05 bits per heavy atom. The number of nitrogens with zero attached hydrogens (tertiary/aromatic N) is 6. The van der Waals surface area contributed by atoms with Gasteiger partial charge in [0.2, 0.25) is 0 Å². The van der Waals surface area contributed by atoms with E-state index in [1.165, 1.54) is 10.5 Å². The van der Waals surface area contributed by atoms with Gasteiger partial charge in [-0.3, -0.25) is 4.68 Å². The first-order chi connectivity index (χ1) is 10.2. The summed E-state index contributed by atoms with van der Waals surface area (Å²) in [6.45, 7) is 8.24.